The van der Waals surface area contributed by atoms with E-state index in [2.05, 4.69) is 13.8 Å². The highest BCUT2D eigenvalue weighted by molar-refractivity contribution is 5.96. The molecule has 0 heterocycles. The fourth-order valence-corrected chi connectivity index (χ4v) is 2.15. The van der Waals surface area contributed by atoms with Gasteiger partial charge in [-0.3, -0.25) is 4.79 Å². The van der Waals surface area contributed by atoms with E-state index < -0.39 is 0 Å². The van der Waals surface area contributed by atoms with Crippen LogP contribution in [0.1, 0.15) is 41.8 Å². The third-order valence-corrected chi connectivity index (χ3v) is 3.34. The van der Waals surface area contributed by atoms with Gasteiger partial charge in [0.25, 0.3) is 5.91 Å². The number of rotatable bonds is 6. The van der Waals surface area contributed by atoms with Gasteiger partial charge in [0.15, 0.2) is 0 Å². The SMILES string of the molecule is Cc1cccc(C(=O)N(CCCN)CC(C)C)c1C. The van der Waals surface area contributed by atoms with Gasteiger partial charge in [0.1, 0.15) is 0 Å². The largest absolute Gasteiger partial charge is 0.338 e. The van der Waals surface area contributed by atoms with E-state index >= 15 is 0 Å². The molecule has 1 aromatic rings. The second-order valence-corrected chi connectivity index (χ2v) is 5.53. The van der Waals surface area contributed by atoms with E-state index in [0.717, 1.165) is 36.2 Å². The van der Waals surface area contributed by atoms with E-state index in [-0.39, 0.29) is 5.91 Å². The average Bonchev–Trinajstić information content (AvgIpc) is 2.36. The summed E-state index contributed by atoms with van der Waals surface area (Å²) in [5.41, 5.74) is 8.62. The molecule has 3 nitrogen and oxygen atoms in total. The second kappa shape index (κ2) is 7.29. The highest BCUT2D eigenvalue weighted by Gasteiger charge is 2.18. The standard InChI is InChI=1S/C16H26N2O/c1-12(2)11-18(10-6-9-17)16(19)15-8-5-7-13(3)14(15)4/h5,7-8,12H,6,9-11,17H2,1-4H3. The predicted molar refractivity (Wildman–Crippen MR) is 80.3 cm³/mol. The van der Waals surface area contributed by atoms with Crippen molar-refractivity contribution in [1.29, 1.82) is 0 Å². The summed E-state index contributed by atoms with van der Waals surface area (Å²) < 4.78 is 0. The van der Waals surface area contributed by atoms with Crippen LogP contribution in [-0.4, -0.2) is 30.4 Å². The molecule has 1 rings (SSSR count). The number of hydrogen-bond acceptors (Lipinski definition) is 2. The van der Waals surface area contributed by atoms with Gasteiger partial charge in [0.2, 0.25) is 0 Å². The quantitative estimate of drug-likeness (QED) is 0.857. The molecule has 0 aliphatic carbocycles. The van der Waals surface area contributed by atoms with Crippen LogP contribution in [0.25, 0.3) is 0 Å². The third kappa shape index (κ3) is 4.35. The molecule has 0 unspecified atom stereocenters. The summed E-state index contributed by atoms with van der Waals surface area (Å²) in [4.78, 5) is 14.6. The fraction of sp³-hybridized carbons (Fsp3) is 0.562. The van der Waals surface area contributed by atoms with Crippen LogP contribution in [0.2, 0.25) is 0 Å². The summed E-state index contributed by atoms with van der Waals surface area (Å²) in [5, 5.41) is 0. The first-order valence-corrected chi connectivity index (χ1v) is 7.03. The van der Waals surface area contributed by atoms with Crippen LogP contribution in [0.3, 0.4) is 0 Å². The van der Waals surface area contributed by atoms with Crippen molar-refractivity contribution in [2.45, 2.75) is 34.1 Å². The van der Waals surface area contributed by atoms with E-state index in [1.807, 2.05) is 36.9 Å². The number of carbonyl (C=O) groups is 1. The Kier molecular flexibility index (Phi) is 6.03. The van der Waals surface area contributed by atoms with Crippen LogP contribution >= 0.6 is 0 Å². The Morgan fingerprint density at radius 1 is 1.32 bits per heavy atom. The van der Waals surface area contributed by atoms with E-state index in [0.29, 0.717) is 12.5 Å². The summed E-state index contributed by atoms with van der Waals surface area (Å²) >= 11 is 0. The van der Waals surface area contributed by atoms with Crippen molar-refractivity contribution in [2.24, 2.45) is 11.7 Å². The zero-order chi connectivity index (χ0) is 14.4. The van der Waals surface area contributed by atoms with Crippen molar-refractivity contribution in [3.63, 3.8) is 0 Å². The maximum Gasteiger partial charge on any atom is 0.254 e. The Bertz CT molecular complexity index is 427. The molecule has 2 N–H and O–H groups in total. The van der Waals surface area contributed by atoms with Gasteiger partial charge in [-0.2, -0.15) is 0 Å². The lowest BCUT2D eigenvalue weighted by Gasteiger charge is -2.25. The summed E-state index contributed by atoms with van der Waals surface area (Å²) in [7, 11) is 0. The maximum absolute atomic E-state index is 12.6. The van der Waals surface area contributed by atoms with Crippen LogP contribution in [0, 0.1) is 19.8 Å². The minimum Gasteiger partial charge on any atom is -0.338 e. The molecule has 19 heavy (non-hydrogen) atoms. The molecule has 0 spiro atoms. The van der Waals surface area contributed by atoms with Gasteiger partial charge in [0.05, 0.1) is 0 Å². The molecule has 1 aromatic carbocycles. The van der Waals surface area contributed by atoms with Crippen LogP contribution in [-0.2, 0) is 0 Å². The van der Waals surface area contributed by atoms with Crippen molar-refractivity contribution in [2.75, 3.05) is 19.6 Å². The first-order chi connectivity index (χ1) is 8.97. The Hall–Kier alpha value is -1.35. The number of aryl methyl sites for hydroxylation is 1. The summed E-state index contributed by atoms with van der Waals surface area (Å²) in [6.45, 7) is 10.5. The normalized spacial score (nSPS) is 10.8. The minimum absolute atomic E-state index is 0.128. The molecular weight excluding hydrogens is 236 g/mol. The van der Waals surface area contributed by atoms with Crippen LogP contribution < -0.4 is 5.73 Å². The van der Waals surface area contributed by atoms with Gasteiger partial charge < -0.3 is 10.6 Å². The average molecular weight is 262 g/mol. The first-order valence-electron chi connectivity index (χ1n) is 7.03. The highest BCUT2D eigenvalue weighted by Crippen LogP contribution is 2.16. The van der Waals surface area contributed by atoms with Crippen molar-refractivity contribution >= 4 is 5.91 Å². The summed E-state index contributed by atoms with van der Waals surface area (Å²) in [6, 6.07) is 5.91. The summed E-state index contributed by atoms with van der Waals surface area (Å²) in [6.07, 6.45) is 0.851. The number of nitrogens with zero attached hydrogens (tertiary/aromatic N) is 1. The predicted octanol–water partition coefficient (Wildman–Crippen LogP) is 2.75. The molecule has 0 fully saturated rings. The zero-order valence-electron chi connectivity index (χ0n) is 12.6. The van der Waals surface area contributed by atoms with Crippen molar-refractivity contribution in [1.82, 2.24) is 4.90 Å². The number of benzene rings is 1. The Morgan fingerprint density at radius 3 is 2.58 bits per heavy atom. The Labute approximate surface area is 116 Å². The zero-order valence-corrected chi connectivity index (χ0v) is 12.6. The van der Waals surface area contributed by atoms with Crippen molar-refractivity contribution in [3.05, 3.63) is 34.9 Å². The molecule has 3 heteroatoms. The lowest BCUT2D eigenvalue weighted by atomic mass is 10.0. The molecule has 0 atom stereocenters. The topological polar surface area (TPSA) is 46.3 Å². The Balaban J connectivity index is 2.94. The minimum atomic E-state index is 0.128. The van der Waals surface area contributed by atoms with E-state index in [4.69, 9.17) is 5.73 Å². The first kappa shape index (κ1) is 15.7. The lowest BCUT2D eigenvalue weighted by molar-refractivity contribution is 0.0734. The lowest BCUT2D eigenvalue weighted by Crippen LogP contribution is -2.36. The van der Waals surface area contributed by atoms with Crippen LogP contribution in [0.5, 0.6) is 0 Å². The molecule has 0 aliphatic heterocycles. The van der Waals surface area contributed by atoms with Crippen molar-refractivity contribution < 1.29 is 4.79 Å². The molecule has 0 saturated carbocycles. The van der Waals surface area contributed by atoms with E-state index in [9.17, 15) is 4.79 Å². The van der Waals surface area contributed by atoms with Gasteiger partial charge in [-0.05, 0) is 49.9 Å². The van der Waals surface area contributed by atoms with Gasteiger partial charge >= 0.3 is 0 Å². The molecule has 0 radical (unpaired) electrons. The molecule has 106 valence electrons. The maximum atomic E-state index is 12.6. The smallest absolute Gasteiger partial charge is 0.254 e. The van der Waals surface area contributed by atoms with Crippen LogP contribution in [0.4, 0.5) is 0 Å². The molecule has 0 saturated heterocycles. The Morgan fingerprint density at radius 2 is 2.00 bits per heavy atom. The second-order valence-electron chi connectivity index (χ2n) is 5.53. The van der Waals surface area contributed by atoms with Crippen molar-refractivity contribution in [3.8, 4) is 0 Å². The molecular formula is C16H26N2O. The number of hydrogen-bond donors (Lipinski definition) is 1. The van der Waals surface area contributed by atoms with E-state index in [1.54, 1.807) is 0 Å². The van der Waals surface area contributed by atoms with Gasteiger partial charge in [-0.25, -0.2) is 0 Å². The third-order valence-electron chi connectivity index (χ3n) is 3.34. The summed E-state index contributed by atoms with van der Waals surface area (Å²) in [5.74, 6) is 0.593. The number of nitrogens with two attached hydrogens (primary N) is 1. The molecule has 0 bridgehead atoms. The van der Waals surface area contributed by atoms with Gasteiger partial charge in [-0.15, -0.1) is 0 Å². The number of carbonyl (C=O) groups excluding carboxylic acids is 1. The van der Waals surface area contributed by atoms with E-state index in [1.165, 1.54) is 0 Å². The van der Waals surface area contributed by atoms with Crippen LogP contribution in [0.15, 0.2) is 18.2 Å². The molecule has 1 amide bonds. The van der Waals surface area contributed by atoms with Gasteiger partial charge in [0, 0.05) is 18.7 Å². The fourth-order valence-electron chi connectivity index (χ4n) is 2.15. The van der Waals surface area contributed by atoms with Gasteiger partial charge in [-0.1, -0.05) is 26.0 Å². The monoisotopic (exact) mass is 262 g/mol. The highest BCUT2D eigenvalue weighted by atomic mass is 16.2. The molecule has 0 aromatic heterocycles. The molecule has 0 aliphatic rings. The number of amides is 1.